The molecule has 5 aromatic rings. The fourth-order valence-electron chi connectivity index (χ4n) is 4.83. The molecule has 42 heavy (non-hydrogen) atoms. The molecule has 0 radical (unpaired) electrons. The first-order chi connectivity index (χ1) is 20.5. The summed E-state index contributed by atoms with van der Waals surface area (Å²) in [6.07, 6.45) is 7.82. The zero-order valence-electron chi connectivity index (χ0n) is 22.4. The Balaban J connectivity index is 1.41. The molecular formula is C29H26ClN7O3S2. The normalized spacial score (nSPS) is 13.3. The number of thiazole rings is 1. The summed E-state index contributed by atoms with van der Waals surface area (Å²) in [7, 11) is 0. The molecule has 1 saturated heterocycles. The number of hydrogen-bond acceptors (Lipinski definition) is 9. The van der Waals surface area contributed by atoms with Crippen molar-refractivity contribution in [3.63, 3.8) is 0 Å². The van der Waals surface area contributed by atoms with Gasteiger partial charge in [0.05, 0.1) is 27.8 Å². The van der Waals surface area contributed by atoms with Gasteiger partial charge in [-0.2, -0.15) is 9.78 Å². The third kappa shape index (κ3) is 6.06. The highest BCUT2D eigenvalue weighted by molar-refractivity contribution is 7.16. The van der Waals surface area contributed by atoms with Crippen molar-refractivity contribution < 1.29 is 9.59 Å². The minimum Gasteiger partial charge on any atom is -0.365 e. The third-order valence-electron chi connectivity index (χ3n) is 6.93. The number of pyridine rings is 2. The SMILES string of the molecule is O=C(Cn1cc(-c2cc(NCc3ccc(Cl)s3)n(C(=O)c3nccs3)n2)cc(-c2ccccn2)c1=O)N1CCCCC1. The maximum absolute atomic E-state index is 13.6. The molecule has 1 amide bonds. The Morgan fingerprint density at radius 3 is 2.57 bits per heavy atom. The fraction of sp³-hybridized carbons (Fsp3) is 0.241. The van der Waals surface area contributed by atoms with Gasteiger partial charge in [-0.15, -0.1) is 22.7 Å². The molecule has 214 valence electrons. The summed E-state index contributed by atoms with van der Waals surface area (Å²) in [6, 6.07) is 12.5. The summed E-state index contributed by atoms with van der Waals surface area (Å²) < 4.78 is 3.36. The highest BCUT2D eigenvalue weighted by atomic mass is 35.5. The smallest absolute Gasteiger partial charge is 0.309 e. The van der Waals surface area contributed by atoms with Crippen LogP contribution < -0.4 is 10.9 Å². The van der Waals surface area contributed by atoms with Crippen LogP contribution in [0.2, 0.25) is 4.34 Å². The highest BCUT2D eigenvalue weighted by Crippen LogP contribution is 2.27. The summed E-state index contributed by atoms with van der Waals surface area (Å²) in [5.74, 6) is -0.0416. The van der Waals surface area contributed by atoms with E-state index in [0.717, 1.165) is 24.1 Å². The van der Waals surface area contributed by atoms with Crippen molar-refractivity contribution in [1.82, 2.24) is 29.2 Å². The van der Waals surface area contributed by atoms with Crippen molar-refractivity contribution in [2.24, 2.45) is 0 Å². The van der Waals surface area contributed by atoms with Gasteiger partial charge >= 0.3 is 5.91 Å². The lowest BCUT2D eigenvalue weighted by Crippen LogP contribution is -2.39. The Hall–Kier alpha value is -4.13. The molecule has 6 heterocycles. The minimum absolute atomic E-state index is 0.102. The number of carbonyl (C=O) groups excluding carboxylic acids is 2. The molecule has 0 unspecified atom stereocenters. The Labute approximate surface area is 254 Å². The first kappa shape index (κ1) is 28.0. The van der Waals surface area contributed by atoms with Crippen LogP contribution in [-0.4, -0.2) is 54.1 Å². The van der Waals surface area contributed by atoms with Crippen LogP contribution >= 0.6 is 34.3 Å². The predicted octanol–water partition coefficient (Wildman–Crippen LogP) is 5.26. The van der Waals surface area contributed by atoms with Gasteiger partial charge in [0.2, 0.25) is 5.91 Å². The average molecular weight is 620 g/mol. The number of piperidine rings is 1. The number of aromatic nitrogens is 5. The van der Waals surface area contributed by atoms with Crippen LogP contribution in [0.5, 0.6) is 0 Å². The van der Waals surface area contributed by atoms with Gasteiger partial charge in [0, 0.05) is 53.6 Å². The van der Waals surface area contributed by atoms with Crippen molar-refractivity contribution in [3.8, 4) is 22.5 Å². The van der Waals surface area contributed by atoms with Gasteiger partial charge in [-0.1, -0.05) is 17.7 Å². The van der Waals surface area contributed by atoms with Crippen LogP contribution in [-0.2, 0) is 17.9 Å². The number of likely N-dealkylation sites (tertiary alicyclic amines) is 1. The van der Waals surface area contributed by atoms with E-state index in [1.54, 1.807) is 54.3 Å². The summed E-state index contributed by atoms with van der Waals surface area (Å²) in [6.45, 7) is 1.70. The zero-order valence-corrected chi connectivity index (χ0v) is 24.8. The Morgan fingerprint density at radius 1 is 1.00 bits per heavy atom. The minimum atomic E-state index is -0.387. The standard InChI is InChI=1S/C29H26ClN7O3S2/c30-24-8-7-20(42-24)16-33-25-15-23(34-37(25)29(40)27-32-10-13-41-27)19-14-21(22-6-2-3-9-31-22)28(39)36(17-19)18-26(38)35-11-4-1-5-12-35/h2-3,6-10,13-15,17,33H,1,4-5,11-12,16,18H2. The average Bonchev–Trinajstić information content (AvgIpc) is 3.79. The van der Waals surface area contributed by atoms with E-state index in [9.17, 15) is 14.4 Å². The van der Waals surface area contributed by atoms with E-state index >= 15 is 0 Å². The van der Waals surface area contributed by atoms with Crippen LogP contribution in [0.4, 0.5) is 5.82 Å². The summed E-state index contributed by atoms with van der Waals surface area (Å²) in [4.78, 5) is 51.5. The van der Waals surface area contributed by atoms with Gasteiger partial charge < -0.3 is 14.8 Å². The first-order valence-electron chi connectivity index (χ1n) is 13.4. The van der Waals surface area contributed by atoms with E-state index in [0.29, 0.717) is 52.3 Å². The molecule has 5 aromatic heterocycles. The van der Waals surface area contributed by atoms with Crippen molar-refractivity contribution in [2.45, 2.75) is 32.4 Å². The monoisotopic (exact) mass is 619 g/mol. The van der Waals surface area contributed by atoms with Gasteiger partial charge in [-0.05, 0) is 49.6 Å². The molecule has 1 aliphatic rings. The number of hydrogen-bond donors (Lipinski definition) is 1. The lowest BCUT2D eigenvalue weighted by Gasteiger charge is -2.27. The number of amides is 1. The largest absolute Gasteiger partial charge is 0.365 e. The summed E-state index contributed by atoms with van der Waals surface area (Å²) >= 11 is 8.77. The molecule has 13 heteroatoms. The van der Waals surface area contributed by atoms with Crippen LogP contribution in [0.1, 0.15) is 33.9 Å². The molecule has 1 fully saturated rings. The molecule has 6 rings (SSSR count). The Kier molecular flexibility index (Phi) is 8.27. The maximum Gasteiger partial charge on any atom is 0.309 e. The summed E-state index contributed by atoms with van der Waals surface area (Å²) in [5.41, 5.74) is 1.50. The molecule has 1 aliphatic heterocycles. The van der Waals surface area contributed by atoms with Crippen molar-refractivity contribution in [2.75, 3.05) is 18.4 Å². The summed E-state index contributed by atoms with van der Waals surface area (Å²) in [5, 5.41) is 9.95. The number of nitrogens with one attached hydrogen (secondary N) is 1. The highest BCUT2D eigenvalue weighted by Gasteiger charge is 2.22. The molecule has 0 aliphatic carbocycles. The van der Waals surface area contributed by atoms with Gasteiger partial charge in [0.25, 0.3) is 5.56 Å². The zero-order chi connectivity index (χ0) is 29.1. The number of rotatable bonds is 8. The van der Waals surface area contributed by atoms with E-state index in [4.69, 9.17) is 11.6 Å². The molecular weight excluding hydrogens is 594 g/mol. The molecule has 0 spiro atoms. The molecule has 0 saturated carbocycles. The number of thiophene rings is 1. The van der Waals surface area contributed by atoms with E-state index in [2.05, 4.69) is 20.4 Å². The number of anilines is 1. The van der Waals surface area contributed by atoms with Crippen molar-refractivity contribution in [1.29, 1.82) is 0 Å². The molecule has 0 atom stereocenters. The van der Waals surface area contributed by atoms with Crippen LogP contribution in [0, 0.1) is 0 Å². The van der Waals surface area contributed by atoms with Crippen molar-refractivity contribution in [3.05, 3.63) is 91.0 Å². The molecule has 1 N–H and O–H groups in total. The van der Waals surface area contributed by atoms with Gasteiger partial charge in [0.15, 0.2) is 5.01 Å². The van der Waals surface area contributed by atoms with Gasteiger partial charge in [-0.3, -0.25) is 19.4 Å². The predicted molar refractivity (Wildman–Crippen MR) is 164 cm³/mol. The molecule has 10 nitrogen and oxygen atoms in total. The lowest BCUT2D eigenvalue weighted by molar-refractivity contribution is -0.132. The first-order valence-corrected chi connectivity index (χ1v) is 15.5. The fourth-order valence-corrected chi connectivity index (χ4v) is 6.42. The maximum atomic E-state index is 13.6. The van der Waals surface area contributed by atoms with Crippen LogP contribution in [0.15, 0.2) is 71.2 Å². The van der Waals surface area contributed by atoms with Crippen LogP contribution in [0.3, 0.4) is 0 Å². The Bertz CT molecular complexity index is 1770. The Morgan fingerprint density at radius 2 is 1.86 bits per heavy atom. The third-order valence-corrected chi connectivity index (χ3v) is 8.92. The van der Waals surface area contributed by atoms with Gasteiger partial charge in [0.1, 0.15) is 12.4 Å². The second kappa shape index (κ2) is 12.4. The quantitative estimate of drug-likeness (QED) is 0.252. The number of nitrogens with zero attached hydrogens (tertiary/aromatic N) is 6. The van der Waals surface area contributed by atoms with Crippen molar-refractivity contribution >= 4 is 51.9 Å². The second-order valence-electron chi connectivity index (χ2n) is 9.76. The number of carbonyl (C=O) groups is 2. The van der Waals surface area contributed by atoms with E-state index in [1.807, 2.05) is 17.0 Å². The second-order valence-corrected chi connectivity index (χ2v) is 12.5. The topological polar surface area (TPSA) is 115 Å². The van der Waals surface area contributed by atoms with E-state index in [-0.39, 0.29) is 28.9 Å². The molecule has 0 aromatic carbocycles. The van der Waals surface area contributed by atoms with E-state index in [1.165, 1.54) is 31.9 Å². The van der Waals surface area contributed by atoms with Gasteiger partial charge in [-0.25, -0.2) is 4.98 Å². The lowest BCUT2D eigenvalue weighted by atomic mass is 10.1. The van der Waals surface area contributed by atoms with E-state index < -0.39 is 0 Å². The molecule has 0 bridgehead atoms. The number of halogens is 1. The van der Waals surface area contributed by atoms with Crippen LogP contribution in [0.25, 0.3) is 22.5 Å².